The molecule has 0 saturated carbocycles. The summed E-state index contributed by atoms with van der Waals surface area (Å²) in [6.45, 7) is 1.84. The molecule has 4 nitrogen and oxygen atoms in total. The molecule has 0 aliphatic rings. The highest BCUT2D eigenvalue weighted by molar-refractivity contribution is 8.47. The Kier molecular flexibility index (Phi) is 7.04. The first-order valence-electron chi connectivity index (χ1n) is 5.63. The van der Waals surface area contributed by atoms with Crippen molar-refractivity contribution in [3.8, 4) is 0 Å². The summed E-state index contributed by atoms with van der Waals surface area (Å²) >= 11 is 8.04. The van der Waals surface area contributed by atoms with Crippen LogP contribution in [0.15, 0.2) is 29.2 Å². The number of nitrogens with zero attached hydrogens (tertiary/aromatic N) is 1. The van der Waals surface area contributed by atoms with Crippen LogP contribution in [-0.2, 0) is 4.79 Å². The van der Waals surface area contributed by atoms with Gasteiger partial charge in [0, 0.05) is 35.6 Å². The molecule has 0 unspecified atom stereocenters. The van der Waals surface area contributed by atoms with Crippen LogP contribution >= 0.6 is 35.7 Å². The number of nitro groups is 1. The van der Waals surface area contributed by atoms with Crippen LogP contribution < -0.4 is 0 Å². The zero-order chi connectivity index (χ0) is 14.3. The highest BCUT2D eigenvalue weighted by Gasteiger charge is 2.07. The Morgan fingerprint density at radius 2 is 2.00 bits per heavy atom. The normalized spacial score (nSPS) is 10.2. The molecule has 0 spiro atoms. The molecule has 0 bridgehead atoms. The van der Waals surface area contributed by atoms with Crippen molar-refractivity contribution >= 4 is 50.7 Å². The van der Waals surface area contributed by atoms with E-state index < -0.39 is 4.92 Å². The van der Waals surface area contributed by atoms with Crippen molar-refractivity contribution in [1.82, 2.24) is 0 Å². The molecule has 0 N–H and O–H groups in total. The van der Waals surface area contributed by atoms with Gasteiger partial charge in [-0.1, -0.05) is 30.9 Å². The van der Waals surface area contributed by atoms with Crippen LogP contribution in [0.25, 0.3) is 0 Å². The molecule has 102 valence electrons. The van der Waals surface area contributed by atoms with Gasteiger partial charge in [-0.05, 0) is 12.1 Å². The first-order chi connectivity index (χ1) is 9.02. The average Bonchev–Trinajstić information content (AvgIpc) is 2.39. The second-order valence-electron chi connectivity index (χ2n) is 3.59. The van der Waals surface area contributed by atoms with Gasteiger partial charge in [0.25, 0.3) is 5.69 Å². The van der Waals surface area contributed by atoms with Crippen molar-refractivity contribution < 1.29 is 9.72 Å². The molecule has 0 fully saturated rings. The topological polar surface area (TPSA) is 60.2 Å². The first kappa shape index (κ1) is 16.1. The number of hydrogen-bond acceptors (Lipinski definition) is 6. The molecule has 7 heteroatoms. The molecular formula is C12H13NO3S3. The molecule has 1 aromatic rings. The number of Topliss-reactive ketones (excluding diaryl/α,β-unsaturated/α-hetero) is 1. The minimum atomic E-state index is -0.433. The fourth-order valence-corrected chi connectivity index (χ4v) is 3.46. The van der Waals surface area contributed by atoms with Gasteiger partial charge in [0.1, 0.15) is 9.31 Å². The van der Waals surface area contributed by atoms with Gasteiger partial charge in [-0.2, -0.15) is 0 Å². The fraction of sp³-hybridized carbons (Fsp3) is 0.333. The van der Waals surface area contributed by atoms with E-state index in [9.17, 15) is 14.9 Å². The maximum absolute atomic E-state index is 11.1. The number of nitro benzene ring substituents is 1. The van der Waals surface area contributed by atoms with Crippen LogP contribution in [0, 0.1) is 10.1 Å². The molecule has 0 aliphatic carbocycles. The maximum atomic E-state index is 11.1. The summed E-state index contributed by atoms with van der Waals surface area (Å²) in [4.78, 5) is 22.1. The van der Waals surface area contributed by atoms with Crippen molar-refractivity contribution in [3.63, 3.8) is 0 Å². The lowest BCUT2D eigenvalue weighted by Crippen LogP contribution is -1.97. The Morgan fingerprint density at radius 1 is 1.37 bits per heavy atom. The lowest BCUT2D eigenvalue weighted by molar-refractivity contribution is -0.384. The number of carbonyl (C=O) groups excluding carboxylic acids is 1. The zero-order valence-electron chi connectivity index (χ0n) is 10.3. The lowest BCUT2D eigenvalue weighted by Gasteiger charge is -2.02. The highest BCUT2D eigenvalue weighted by atomic mass is 32.2. The lowest BCUT2D eigenvalue weighted by atomic mass is 10.2. The van der Waals surface area contributed by atoms with E-state index >= 15 is 0 Å². The van der Waals surface area contributed by atoms with Gasteiger partial charge in [0.2, 0.25) is 0 Å². The van der Waals surface area contributed by atoms with Crippen molar-refractivity contribution in [2.75, 3.05) is 5.75 Å². The SMILES string of the molecule is CCC(=O)CCSC(=S)Sc1ccc([N+](=O)[O-])cc1. The Morgan fingerprint density at radius 3 is 2.53 bits per heavy atom. The molecule has 0 saturated heterocycles. The van der Waals surface area contributed by atoms with Crippen LogP contribution in [0.2, 0.25) is 0 Å². The molecule has 1 rings (SSSR count). The minimum Gasteiger partial charge on any atom is -0.300 e. The molecule has 0 aliphatic heterocycles. The largest absolute Gasteiger partial charge is 0.300 e. The minimum absolute atomic E-state index is 0.0662. The van der Waals surface area contributed by atoms with Gasteiger partial charge in [0.05, 0.1) is 4.92 Å². The van der Waals surface area contributed by atoms with E-state index in [0.717, 1.165) is 8.42 Å². The maximum Gasteiger partial charge on any atom is 0.269 e. The van der Waals surface area contributed by atoms with Crippen LogP contribution in [0.3, 0.4) is 0 Å². The molecule has 0 aromatic heterocycles. The van der Waals surface area contributed by atoms with E-state index in [0.29, 0.717) is 18.6 Å². The summed E-state index contributed by atoms with van der Waals surface area (Å²) in [5, 5.41) is 10.5. The average molecular weight is 315 g/mol. The Hall–Kier alpha value is -0.920. The van der Waals surface area contributed by atoms with Gasteiger partial charge >= 0.3 is 0 Å². The van der Waals surface area contributed by atoms with E-state index in [4.69, 9.17) is 12.2 Å². The molecule has 0 atom stereocenters. The summed E-state index contributed by atoms with van der Waals surface area (Å²) < 4.78 is 0.720. The standard InChI is InChI=1S/C12H13NO3S3/c1-2-10(14)7-8-18-12(17)19-11-5-3-9(4-6-11)13(15)16/h3-6H,2,7-8H2,1H3. The molecule has 0 amide bonds. The molecule has 0 radical (unpaired) electrons. The number of thiocarbonyl (C=S) groups is 1. The number of rotatable bonds is 6. The van der Waals surface area contributed by atoms with E-state index in [-0.39, 0.29) is 11.5 Å². The van der Waals surface area contributed by atoms with Gasteiger partial charge in [-0.3, -0.25) is 14.9 Å². The van der Waals surface area contributed by atoms with Crippen LogP contribution in [0.1, 0.15) is 19.8 Å². The van der Waals surface area contributed by atoms with Crippen molar-refractivity contribution in [1.29, 1.82) is 0 Å². The number of ketones is 1. The summed E-state index contributed by atoms with van der Waals surface area (Å²) in [6, 6.07) is 6.26. The third-order valence-electron chi connectivity index (χ3n) is 2.24. The summed E-state index contributed by atoms with van der Waals surface area (Å²) in [5.41, 5.74) is 0.0662. The third-order valence-corrected chi connectivity index (χ3v) is 4.77. The van der Waals surface area contributed by atoms with Gasteiger partial charge in [0.15, 0.2) is 0 Å². The highest BCUT2D eigenvalue weighted by Crippen LogP contribution is 2.28. The molecule has 1 aromatic carbocycles. The second kappa shape index (κ2) is 8.29. The number of non-ortho nitro benzene ring substituents is 1. The van der Waals surface area contributed by atoms with Gasteiger partial charge in [-0.15, -0.1) is 11.8 Å². The Bertz CT molecular complexity index is 474. The zero-order valence-corrected chi connectivity index (χ0v) is 12.8. The molecule has 0 heterocycles. The van der Waals surface area contributed by atoms with Crippen molar-refractivity contribution in [3.05, 3.63) is 34.4 Å². The summed E-state index contributed by atoms with van der Waals surface area (Å²) in [7, 11) is 0. The van der Waals surface area contributed by atoms with Crippen molar-refractivity contribution in [2.24, 2.45) is 0 Å². The second-order valence-corrected chi connectivity index (χ2v) is 6.97. The Balaban J connectivity index is 2.40. The van der Waals surface area contributed by atoms with Crippen LogP contribution in [-0.4, -0.2) is 20.0 Å². The van der Waals surface area contributed by atoms with Crippen LogP contribution in [0.5, 0.6) is 0 Å². The van der Waals surface area contributed by atoms with Crippen molar-refractivity contribution in [2.45, 2.75) is 24.7 Å². The van der Waals surface area contributed by atoms with E-state index in [1.165, 1.54) is 35.7 Å². The number of carbonyl (C=O) groups is 1. The smallest absolute Gasteiger partial charge is 0.269 e. The Labute approximate surface area is 125 Å². The van der Waals surface area contributed by atoms with Crippen LogP contribution in [0.4, 0.5) is 5.69 Å². The van der Waals surface area contributed by atoms with E-state index in [2.05, 4.69) is 0 Å². The predicted molar refractivity (Wildman–Crippen MR) is 83.9 cm³/mol. The van der Waals surface area contributed by atoms with Gasteiger partial charge in [-0.25, -0.2) is 0 Å². The van der Waals surface area contributed by atoms with E-state index in [1.54, 1.807) is 12.1 Å². The quantitative estimate of drug-likeness (QED) is 0.341. The summed E-state index contributed by atoms with van der Waals surface area (Å²) in [6.07, 6.45) is 1.09. The molecular weight excluding hydrogens is 302 g/mol. The number of hydrogen-bond donors (Lipinski definition) is 0. The fourth-order valence-electron chi connectivity index (χ4n) is 1.19. The predicted octanol–water partition coefficient (Wildman–Crippen LogP) is 4.07. The van der Waals surface area contributed by atoms with E-state index in [1.807, 2.05) is 6.92 Å². The third kappa shape index (κ3) is 6.17. The van der Waals surface area contributed by atoms with Gasteiger partial charge < -0.3 is 0 Å². The number of benzene rings is 1. The monoisotopic (exact) mass is 315 g/mol. The summed E-state index contributed by atoms with van der Waals surface area (Å²) in [5.74, 6) is 0.918. The first-order valence-corrected chi connectivity index (χ1v) is 7.84. The number of thioether (sulfide) groups is 2. The molecule has 19 heavy (non-hydrogen) atoms.